The highest BCUT2D eigenvalue weighted by atomic mass is 32.1. The van der Waals surface area contributed by atoms with Crippen LogP contribution in [0.5, 0.6) is 0 Å². The summed E-state index contributed by atoms with van der Waals surface area (Å²) < 4.78 is 0. The Morgan fingerprint density at radius 2 is 2.33 bits per heavy atom. The molecule has 0 unspecified atom stereocenters. The predicted octanol–water partition coefficient (Wildman–Crippen LogP) is 2.87. The summed E-state index contributed by atoms with van der Waals surface area (Å²) in [6.45, 7) is 3.66. The fraction of sp³-hybridized carbons (Fsp3) is 0.231. The minimum Gasteiger partial charge on any atom is -0.477 e. The van der Waals surface area contributed by atoms with Gasteiger partial charge in [0.15, 0.2) is 0 Å². The maximum Gasteiger partial charge on any atom is 0.354 e. The third-order valence-electron chi connectivity index (χ3n) is 2.64. The van der Waals surface area contributed by atoms with E-state index in [0.29, 0.717) is 0 Å². The minimum atomic E-state index is -0.996. The number of hydrogen-bond donors (Lipinski definition) is 1. The van der Waals surface area contributed by atoms with Crippen molar-refractivity contribution in [2.24, 2.45) is 0 Å². The molecule has 0 aromatic carbocycles. The average Bonchev–Trinajstić information content (AvgIpc) is 2.89. The summed E-state index contributed by atoms with van der Waals surface area (Å²) in [5, 5.41) is 11.0. The number of thiophene rings is 1. The number of carboxylic acid groups (broad SMARTS) is 1. The second-order valence-corrected chi connectivity index (χ2v) is 4.83. The molecule has 0 saturated carbocycles. The summed E-state index contributed by atoms with van der Waals surface area (Å²) in [7, 11) is 0. The Bertz CT molecular complexity index is 526. The maximum absolute atomic E-state index is 10.9. The smallest absolute Gasteiger partial charge is 0.354 e. The predicted molar refractivity (Wildman–Crippen MR) is 72.2 cm³/mol. The lowest BCUT2D eigenvalue weighted by Crippen LogP contribution is -2.21. The summed E-state index contributed by atoms with van der Waals surface area (Å²) in [6.07, 6.45) is 1.54. The second-order valence-electron chi connectivity index (χ2n) is 3.80. The van der Waals surface area contributed by atoms with Crippen molar-refractivity contribution in [3.05, 3.63) is 46.4 Å². The van der Waals surface area contributed by atoms with Crippen molar-refractivity contribution in [1.29, 1.82) is 0 Å². The van der Waals surface area contributed by atoms with E-state index < -0.39 is 5.97 Å². The number of aromatic nitrogens is 1. The summed E-state index contributed by atoms with van der Waals surface area (Å²) in [4.78, 5) is 18.1. The highest BCUT2D eigenvalue weighted by molar-refractivity contribution is 7.09. The molecule has 0 bridgehead atoms. The Kier molecular flexibility index (Phi) is 3.94. The third-order valence-corrected chi connectivity index (χ3v) is 3.50. The van der Waals surface area contributed by atoms with E-state index in [1.165, 1.54) is 11.1 Å². The molecule has 94 valence electrons. The fourth-order valence-electron chi connectivity index (χ4n) is 1.71. The summed E-state index contributed by atoms with van der Waals surface area (Å²) in [5.74, 6) is -0.996. The Balaban J connectivity index is 2.21. The van der Waals surface area contributed by atoms with E-state index in [4.69, 9.17) is 5.11 Å². The number of hydrogen-bond acceptors (Lipinski definition) is 4. The minimum absolute atomic E-state index is 0.0807. The van der Waals surface area contributed by atoms with E-state index in [1.54, 1.807) is 17.4 Å². The van der Waals surface area contributed by atoms with E-state index in [0.717, 1.165) is 18.8 Å². The molecule has 0 aliphatic heterocycles. The number of carbonyl (C=O) groups is 1. The molecule has 0 fully saturated rings. The first kappa shape index (κ1) is 12.6. The number of anilines is 1. The Labute approximate surface area is 110 Å². The van der Waals surface area contributed by atoms with Crippen molar-refractivity contribution >= 4 is 23.0 Å². The van der Waals surface area contributed by atoms with Crippen molar-refractivity contribution < 1.29 is 9.90 Å². The van der Waals surface area contributed by atoms with Crippen LogP contribution in [0.2, 0.25) is 0 Å². The third kappa shape index (κ3) is 2.87. The zero-order chi connectivity index (χ0) is 13.0. The lowest BCUT2D eigenvalue weighted by Gasteiger charge is -2.22. The van der Waals surface area contributed by atoms with Gasteiger partial charge in [0.1, 0.15) is 5.69 Å². The molecule has 2 aromatic rings. The summed E-state index contributed by atoms with van der Waals surface area (Å²) >= 11 is 1.70. The van der Waals surface area contributed by atoms with Crippen molar-refractivity contribution in [2.75, 3.05) is 11.4 Å². The molecule has 2 rings (SSSR count). The average molecular weight is 262 g/mol. The molecular weight excluding hydrogens is 248 g/mol. The molecule has 4 nitrogen and oxygen atoms in total. The summed E-state index contributed by atoms with van der Waals surface area (Å²) in [5.41, 5.74) is 0.968. The zero-order valence-electron chi connectivity index (χ0n) is 10.0. The van der Waals surface area contributed by atoms with E-state index in [-0.39, 0.29) is 5.69 Å². The van der Waals surface area contributed by atoms with Gasteiger partial charge in [-0.1, -0.05) is 6.07 Å². The summed E-state index contributed by atoms with van der Waals surface area (Å²) in [6, 6.07) is 7.54. The van der Waals surface area contributed by atoms with Crippen LogP contribution in [0, 0.1) is 0 Å². The first-order valence-corrected chi connectivity index (χ1v) is 6.55. The SMILES string of the molecule is CCN(Cc1cccs1)c1ccnc(C(=O)O)c1. The molecule has 0 aliphatic rings. The topological polar surface area (TPSA) is 53.4 Å². The molecule has 5 heteroatoms. The van der Waals surface area contributed by atoms with Gasteiger partial charge in [-0.05, 0) is 30.5 Å². The highest BCUT2D eigenvalue weighted by Gasteiger charge is 2.10. The molecule has 1 N–H and O–H groups in total. The number of nitrogens with zero attached hydrogens (tertiary/aromatic N) is 2. The Morgan fingerprint density at radius 1 is 1.50 bits per heavy atom. The van der Waals surface area contributed by atoms with Crippen molar-refractivity contribution in [2.45, 2.75) is 13.5 Å². The Morgan fingerprint density at radius 3 is 2.94 bits per heavy atom. The van der Waals surface area contributed by atoms with Gasteiger partial charge in [-0.15, -0.1) is 11.3 Å². The van der Waals surface area contributed by atoms with Crippen LogP contribution in [-0.4, -0.2) is 22.6 Å². The molecule has 2 heterocycles. The quantitative estimate of drug-likeness (QED) is 0.900. The largest absolute Gasteiger partial charge is 0.477 e. The lowest BCUT2D eigenvalue weighted by molar-refractivity contribution is 0.0690. The molecular formula is C13H14N2O2S. The molecule has 0 spiro atoms. The van der Waals surface area contributed by atoms with Gasteiger partial charge in [-0.3, -0.25) is 0 Å². The van der Waals surface area contributed by atoms with Crippen molar-refractivity contribution in [3.63, 3.8) is 0 Å². The van der Waals surface area contributed by atoms with Gasteiger partial charge in [0, 0.05) is 23.3 Å². The Hall–Kier alpha value is -1.88. The van der Waals surface area contributed by atoms with Gasteiger partial charge in [-0.25, -0.2) is 9.78 Å². The van der Waals surface area contributed by atoms with E-state index in [1.807, 2.05) is 17.5 Å². The van der Waals surface area contributed by atoms with Crippen LogP contribution in [0.15, 0.2) is 35.8 Å². The van der Waals surface area contributed by atoms with Gasteiger partial charge >= 0.3 is 5.97 Å². The first-order valence-electron chi connectivity index (χ1n) is 5.67. The molecule has 0 atom stereocenters. The van der Waals surface area contributed by atoms with Crippen LogP contribution >= 0.6 is 11.3 Å². The van der Waals surface area contributed by atoms with E-state index >= 15 is 0 Å². The number of carboxylic acids is 1. The van der Waals surface area contributed by atoms with Crippen LogP contribution in [0.1, 0.15) is 22.3 Å². The van der Waals surface area contributed by atoms with E-state index in [9.17, 15) is 4.79 Å². The van der Waals surface area contributed by atoms with E-state index in [2.05, 4.69) is 22.9 Å². The van der Waals surface area contributed by atoms with Gasteiger partial charge in [0.05, 0.1) is 6.54 Å². The second kappa shape index (κ2) is 5.64. The maximum atomic E-state index is 10.9. The first-order chi connectivity index (χ1) is 8.70. The van der Waals surface area contributed by atoms with Gasteiger partial charge < -0.3 is 10.0 Å². The number of pyridine rings is 1. The normalized spacial score (nSPS) is 10.3. The molecule has 18 heavy (non-hydrogen) atoms. The van der Waals surface area contributed by atoms with Crippen molar-refractivity contribution in [1.82, 2.24) is 4.98 Å². The fourth-order valence-corrected chi connectivity index (χ4v) is 2.43. The monoisotopic (exact) mass is 262 g/mol. The van der Waals surface area contributed by atoms with Crippen LogP contribution in [-0.2, 0) is 6.54 Å². The van der Waals surface area contributed by atoms with Crippen LogP contribution < -0.4 is 4.90 Å². The molecule has 0 radical (unpaired) electrons. The van der Waals surface area contributed by atoms with Crippen molar-refractivity contribution in [3.8, 4) is 0 Å². The van der Waals surface area contributed by atoms with Crippen LogP contribution in [0.4, 0.5) is 5.69 Å². The zero-order valence-corrected chi connectivity index (χ0v) is 10.9. The highest BCUT2D eigenvalue weighted by Crippen LogP contribution is 2.19. The number of rotatable bonds is 5. The van der Waals surface area contributed by atoms with Crippen LogP contribution in [0.25, 0.3) is 0 Å². The molecule has 0 aliphatic carbocycles. The standard InChI is InChI=1S/C13H14N2O2S/c1-2-15(9-11-4-3-7-18-11)10-5-6-14-12(8-10)13(16)17/h3-8H,2,9H2,1H3,(H,16,17). The molecule has 2 aromatic heterocycles. The van der Waals surface area contributed by atoms with Crippen LogP contribution in [0.3, 0.4) is 0 Å². The molecule has 0 saturated heterocycles. The number of aromatic carboxylic acids is 1. The van der Waals surface area contributed by atoms with Gasteiger partial charge in [0.25, 0.3) is 0 Å². The lowest BCUT2D eigenvalue weighted by atomic mass is 10.2. The van der Waals surface area contributed by atoms with Gasteiger partial charge in [0.2, 0.25) is 0 Å². The molecule has 0 amide bonds. The van der Waals surface area contributed by atoms with Gasteiger partial charge in [-0.2, -0.15) is 0 Å².